The molecule has 0 spiro atoms. The van der Waals surface area contributed by atoms with Gasteiger partial charge in [0.2, 0.25) is 5.91 Å². The quantitative estimate of drug-likeness (QED) is 0.0199. The number of carbonyl (C=O) groups excluding carboxylic acids is 1. The van der Waals surface area contributed by atoms with Crippen molar-refractivity contribution < 1.29 is 89.4 Å². The predicted octanol–water partition coefficient (Wildman–Crippen LogP) is 14.0. The number of aliphatic hydroxyl groups is 11. The Kier molecular flexibility index (Phi) is 57.1. The van der Waals surface area contributed by atoms with E-state index in [1.165, 1.54) is 289 Å². The minimum atomic E-state index is -1.98. The number of aliphatic hydroxyl groups excluding tert-OH is 11. The highest BCUT2D eigenvalue weighted by Crippen LogP contribution is 2.33. The highest BCUT2D eigenvalue weighted by atomic mass is 16.8. The van der Waals surface area contributed by atoms with Crippen molar-refractivity contribution in [2.45, 2.75) is 465 Å². The molecule has 3 aliphatic heterocycles. The van der Waals surface area contributed by atoms with E-state index in [0.717, 1.165) is 44.9 Å². The van der Waals surface area contributed by atoms with Gasteiger partial charge >= 0.3 is 0 Å². The van der Waals surface area contributed by atoms with Gasteiger partial charge in [0.25, 0.3) is 0 Å². The molecule has 99 heavy (non-hydrogen) atoms. The molecule has 12 N–H and O–H groups in total. The molecule has 19 heteroatoms. The van der Waals surface area contributed by atoms with Crippen LogP contribution in [-0.4, -0.2) is 193 Å². The fraction of sp³-hybridized carbons (Fsp3) is 0.963. The van der Waals surface area contributed by atoms with Gasteiger partial charge in [-0.15, -0.1) is 0 Å². The summed E-state index contributed by atoms with van der Waals surface area (Å²) >= 11 is 0. The van der Waals surface area contributed by atoms with Crippen molar-refractivity contribution in [1.82, 2.24) is 5.32 Å². The van der Waals surface area contributed by atoms with Gasteiger partial charge in [-0.2, -0.15) is 0 Å². The minimum Gasteiger partial charge on any atom is -0.394 e. The van der Waals surface area contributed by atoms with Crippen LogP contribution in [0.15, 0.2) is 12.2 Å². The van der Waals surface area contributed by atoms with E-state index >= 15 is 0 Å². The van der Waals surface area contributed by atoms with Crippen molar-refractivity contribution in [3.8, 4) is 0 Å². The first-order valence-corrected chi connectivity index (χ1v) is 41.4. The van der Waals surface area contributed by atoms with Crippen molar-refractivity contribution >= 4 is 5.91 Å². The molecule has 3 rings (SSSR count). The third-order valence-electron chi connectivity index (χ3n) is 21.1. The number of allylic oxidation sites excluding steroid dienone is 1. The van der Waals surface area contributed by atoms with Crippen LogP contribution in [0, 0.1) is 0 Å². The number of hydrogen-bond donors (Lipinski definition) is 12. The molecule has 3 saturated heterocycles. The highest BCUT2D eigenvalue weighted by molar-refractivity contribution is 5.76. The second-order valence-corrected chi connectivity index (χ2v) is 30.0. The van der Waals surface area contributed by atoms with Gasteiger partial charge in [-0.05, 0) is 19.3 Å². The molecular weight excluding hydrogens is 1260 g/mol. The lowest BCUT2D eigenvalue weighted by molar-refractivity contribution is -0.379. The second kappa shape index (κ2) is 61.7. The van der Waals surface area contributed by atoms with Crippen LogP contribution in [0.3, 0.4) is 0 Å². The van der Waals surface area contributed by atoms with E-state index in [4.69, 9.17) is 28.4 Å². The predicted molar refractivity (Wildman–Crippen MR) is 393 cm³/mol. The summed E-state index contributed by atoms with van der Waals surface area (Å²) in [6, 6.07) is -0.969. The third-order valence-corrected chi connectivity index (χ3v) is 21.1. The summed E-state index contributed by atoms with van der Waals surface area (Å²) in [4.78, 5) is 13.5. The van der Waals surface area contributed by atoms with Crippen LogP contribution in [0.5, 0.6) is 0 Å². The Morgan fingerprint density at radius 3 is 0.949 bits per heavy atom. The molecule has 0 aromatic carbocycles. The Labute approximate surface area is 601 Å². The first-order chi connectivity index (χ1) is 48.3. The molecule has 586 valence electrons. The van der Waals surface area contributed by atoms with Crippen LogP contribution in [-0.2, 0) is 33.2 Å². The van der Waals surface area contributed by atoms with E-state index in [2.05, 4.69) is 19.2 Å². The van der Waals surface area contributed by atoms with Crippen LogP contribution in [0.2, 0.25) is 0 Å². The minimum absolute atomic E-state index is 0.250. The molecule has 0 aromatic heterocycles. The summed E-state index contributed by atoms with van der Waals surface area (Å²) in [7, 11) is 0. The smallest absolute Gasteiger partial charge is 0.220 e. The summed E-state index contributed by atoms with van der Waals surface area (Å²) < 4.78 is 34.4. The molecule has 17 atom stereocenters. The zero-order chi connectivity index (χ0) is 71.8. The summed E-state index contributed by atoms with van der Waals surface area (Å²) in [6.45, 7) is 1.79. The number of ether oxygens (including phenoxy) is 6. The van der Waals surface area contributed by atoms with E-state index < -0.39 is 124 Å². The lowest BCUT2D eigenvalue weighted by atomic mass is 9.96. The number of amides is 1. The average molecular weight is 1420 g/mol. The Hall–Kier alpha value is -1.47. The number of rotatable bonds is 67. The van der Waals surface area contributed by atoms with Gasteiger partial charge in [-0.25, -0.2) is 0 Å². The zero-order valence-corrected chi connectivity index (χ0v) is 62.8. The fourth-order valence-corrected chi connectivity index (χ4v) is 14.4. The first-order valence-electron chi connectivity index (χ1n) is 41.4. The Balaban J connectivity index is 1.29. The summed E-state index contributed by atoms with van der Waals surface area (Å²) in [5.74, 6) is -0.267. The zero-order valence-electron chi connectivity index (χ0n) is 62.8. The van der Waals surface area contributed by atoms with Crippen molar-refractivity contribution in [2.75, 3.05) is 26.4 Å². The van der Waals surface area contributed by atoms with Gasteiger partial charge in [0.05, 0.1) is 38.6 Å². The van der Waals surface area contributed by atoms with E-state index in [1.54, 1.807) is 6.08 Å². The average Bonchev–Trinajstić information content (AvgIpc) is 0.784. The highest BCUT2D eigenvalue weighted by Gasteiger charge is 2.54. The molecule has 3 aliphatic rings. The molecule has 0 bridgehead atoms. The molecule has 0 aromatic rings. The third kappa shape index (κ3) is 41.9. The van der Waals surface area contributed by atoms with E-state index in [1.807, 2.05) is 6.08 Å². The molecule has 0 radical (unpaired) electrons. The maximum atomic E-state index is 13.5. The van der Waals surface area contributed by atoms with E-state index in [0.29, 0.717) is 6.42 Å². The van der Waals surface area contributed by atoms with Crippen LogP contribution in [0.4, 0.5) is 0 Å². The lowest BCUT2D eigenvalue weighted by Crippen LogP contribution is -2.66. The largest absolute Gasteiger partial charge is 0.394 e. The molecule has 1 amide bonds. The maximum absolute atomic E-state index is 13.5. The van der Waals surface area contributed by atoms with Crippen LogP contribution < -0.4 is 5.32 Å². The van der Waals surface area contributed by atoms with Crippen molar-refractivity contribution in [3.05, 3.63) is 12.2 Å². The summed E-state index contributed by atoms with van der Waals surface area (Å²) in [5, 5.41) is 121. The number of carbonyl (C=O) groups is 1. The summed E-state index contributed by atoms with van der Waals surface area (Å²) in [6.07, 6.45) is 46.6. The van der Waals surface area contributed by atoms with Gasteiger partial charge in [-0.3, -0.25) is 4.79 Å². The molecular formula is C80H153NO18. The lowest BCUT2D eigenvalue weighted by Gasteiger charge is -2.48. The van der Waals surface area contributed by atoms with Crippen LogP contribution >= 0.6 is 0 Å². The fourth-order valence-electron chi connectivity index (χ4n) is 14.4. The molecule has 0 aliphatic carbocycles. The van der Waals surface area contributed by atoms with Gasteiger partial charge in [-0.1, -0.05) is 347 Å². The number of unbranched alkanes of at least 4 members (excludes halogenated alkanes) is 51. The Morgan fingerprint density at radius 2 is 0.626 bits per heavy atom. The second-order valence-electron chi connectivity index (χ2n) is 30.0. The van der Waals surface area contributed by atoms with Crippen molar-refractivity contribution in [2.24, 2.45) is 0 Å². The van der Waals surface area contributed by atoms with Gasteiger partial charge in [0.15, 0.2) is 18.9 Å². The van der Waals surface area contributed by atoms with E-state index in [-0.39, 0.29) is 18.9 Å². The van der Waals surface area contributed by atoms with Gasteiger partial charge in [0.1, 0.15) is 73.2 Å². The van der Waals surface area contributed by atoms with Gasteiger partial charge in [0, 0.05) is 6.42 Å². The molecule has 17 unspecified atom stereocenters. The Morgan fingerprint density at radius 1 is 0.354 bits per heavy atom. The van der Waals surface area contributed by atoms with Crippen molar-refractivity contribution in [3.63, 3.8) is 0 Å². The normalized spacial score (nSPS) is 26.6. The van der Waals surface area contributed by atoms with Gasteiger partial charge < -0.3 is 89.9 Å². The monoisotopic (exact) mass is 1420 g/mol. The molecule has 0 saturated carbocycles. The topological polar surface area (TPSA) is 307 Å². The standard InChI is InChI=1S/C80H153NO18/c1-3-5-7-9-11-13-15-17-19-21-22-23-24-25-26-27-28-29-30-31-32-33-34-35-36-37-38-39-40-41-42-44-46-48-50-52-54-56-58-68(86)81-63(64(85)57-55-53-51-49-47-45-43-20-18-16-14-12-10-8-6-4-2)62-94-78-74(92)71(89)76(66(60-83)96-78)99-80-75(93)72(90)77(67(61-84)97-80)98-79-73(91)70(88)69(87)65(59-82)95-79/h55,57,63-67,69-80,82-85,87-93H,3-54,56,58-62H2,1-2H3,(H,81,86)/b57-55+. The first kappa shape index (κ1) is 91.7. The Bertz CT molecular complexity index is 1840. The molecule has 3 fully saturated rings. The van der Waals surface area contributed by atoms with E-state index in [9.17, 15) is 61.0 Å². The van der Waals surface area contributed by atoms with Crippen molar-refractivity contribution in [1.29, 1.82) is 0 Å². The molecule has 3 heterocycles. The van der Waals surface area contributed by atoms with Crippen LogP contribution in [0.1, 0.15) is 361 Å². The number of hydrogen-bond acceptors (Lipinski definition) is 18. The molecule has 19 nitrogen and oxygen atoms in total. The van der Waals surface area contributed by atoms with Crippen LogP contribution in [0.25, 0.3) is 0 Å². The maximum Gasteiger partial charge on any atom is 0.220 e. The SMILES string of the molecule is CCCCCCCCCCCCCCCC/C=C/C(O)C(COC1OC(CO)C(OC2OC(CO)C(OC3OC(CO)C(O)C(O)C3O)C(O)C2O)C(O)C1O)NC(=O)CCCCCCCCCCCCCCCCCCCCCCCCCCCCCCCCCCCCCCCC. The summed E-state index contributed by atoms with van der Waals surface area (Å²) in [5.41, 5.74) is 0. The number of nitrogens with one attached hydrogen (secondary N) is 1.